The van der Waals surface area contributed by atoms with Crippen molar-refractivity contribution in [1.82, 2.24) is 9.78 Å². The zero-order chi connectivity index (χ0) is 15.6. The molecule has 0 saturated heterocycles. The topological polar surface area (TPSA) is 46.9 Å². The van der Waals surface area contributed by atoms with Gasteiger partial charge < -0.3 is 5.32 Å². The number of rotatable bonds is 4. The van der Waals surface area contributed by atoms with Crippen LogP contribution in [0.2, 0.25) is 5.02 Å². The summed E-state index contributed by atoms with van der Waals surface area (Å²) in [5.74, 6) is 0. The van der Waals surface area contributed by atoms with Gasteiger partial charge in [-0.05, 0) is 19.1 Å². The van der Waals surface area contributed by atoms with Crippen LogP contribution in [0.25, 0.3) is 0 Å². The molecule has 0 bridgehead atoms. The van der Waals surface area contributed by atoms with Gasteiger partial charge in [0.25, 0.3) is 5.56 Å². The third-order valence-corrected chi connectivity index (χ3v) is 3.93. The average Bonchev–Trinajstić information content (AvgIpc) is 2.79. The minimum Gasteiger partial charge on any atom is -0.377 e. The van der Waals surface area contributed by atoms with Crippen LogP contribution in [0.4, 0.5) is 18.9 Å². The smallest absolute Gasteiger partial charge is 0.377 e. The van der Waals surface area contributed by atoms with Crippen molar-refractivity contribution in [1.29, 1.82) is 0 Å². The van der Waals surface area contributed by atoms with Crippen LogP contribution in [0.15, 0.2) is 23.1 Å². The summed E-state index contributed by atoms with van der Waals surface area (Å²) in [6.07, 6.45) is -3.40. The molecule has 0 radical (unpaired) electrons. The van der Waals surface area contributed by atoms with Crippen molar-refractivity contribution in [3.8, 4) is 0 Å². The summed E-state index contributed by atoms with van der Waals surface area (Å²) < 4.78 is 37.1. The Balaban J connectivity index is 2.15. The first-order valence-corrected chi connectivity index (χ1v) is 7.07. The van der Waals surface area contributed by atoms with E-state index >= 15 is 0 Å². The number of aromatic nitrogens is 2. The fourth-order valence-corrected chi connectivity index (χ4v) is 2.68. The monoisotopic (exact) mass is 337 g/mol. The standard InChI is InChI=1S/C12H11ClF3N3OS/c1-7-2-3-8(21-7)4-17-9-5-18-19(6-12(14,15)16)11(20)10(9)13/h2-3,5,17H,4,6H2,1H3. The van der Waals surface area contributed by atoms with Crippen molar-refractivity contribution >= 4 is 28.6 Å². The Morgan fingerprint density at radius 2 is 2.14 bits per heavy atom. The van der Waals surface area contributed by atoms with Gasteiger partial charge in [0.1, 0.15) is 11.6 Å². The maximum atomic E-state index is 12.3. The zero-order valence-electron chi connectivity index (χ0n) is 10.9. The summed E-state index contributed by atoms with van der Waals surface area (Å²) in [5, 5.41) is 6.07. The Bertz CT molecular complexity index is 696. The maximum Gasteiger partial charge on any atom is 0.408 e. The molecule has 0 spiro atoms. The van der Waals surface area contributed by atoms with Gasteiger partial charge in [-0.1, -0.05) is 11.6 Å². The Kier molecular flexibility index (Phi) is 4.58. The van der Waals surface area contributed by atoms with Crippen LogP contribution in [0.5, 0.6) is 0 Å². The molecule has 2 heterocycles. The van der Waals surface area contributed by atoms with Gasteiger partial charge in [0, 0.05) is 16.3 Å². The van der Waals surface area contributed by atoms with E-state index in [1.54, 1.807) is 11.3 Å². The average molecular weight is 338 g/mol. The summed E-state index contributed by atoms with van der Waals surface area (Å²) in [6, 6.07) is 3.86. The van der Waals surface area contributed by atoms with E-state index in [-0.39, 0.29) is 10.7 Å². The molecule has 0 aliphatic carbocycles. The lowest BCUT2D eigenvalue weighted by Crippen LogP contribution is -2.30. The molecule has 0 aromatic carbocycles. The van der Waals surface area contributed by atoms with Gasteiger partial charge in [-0.15, -0.1) is 11.3 Å². The van der Waals surface area contributed by atoms with E-state index in [9.17, 15) is 18.0 Å². The zero-order valence-corrected chi connectivity index (χ0v) is 12.4. The van der Waals surface area contributed by atoms with Gasteiger partial charge in [0.15, 0.2) is 0 Å². The minimum absolute atomic E-state index is 0.214. The van der Waals surface area contributed by atoms with Crippen LogP contribution >= 0.6 is 22.9 Å². The van der Waals surface area contributed by atoms with E-state index in [1.807, 2.05) is 19.1 Å². The van der Waals surface area contributed by atoms with Gasteiger partial charge in [0.05, 0.1) is 11.9 Å². The normalized spacial score (nSPS) is 11.7. The van der Waals surface area contributed by atoms with Gasteiger partial charge in [-0.25, -0.2) is 4.68 Å². The third-order valence-electron chi connectivity index (χ3n) is 2.56. The first-order chi connectivity index (χ1) is 9.76. The molecule has 114 valence electrons. The Morgan fingerprint density at radius 3 is 2.71 bits per heavy atom. The second-order valence-electron chi connectivity index (χ2n) is 4.32. The van der Waals surface area contributed by atoms with Gasteiger partial charge in [-0.3, -0.25) is 4.79 Å². The van der Waals surface area contributed by atoms with Crippen LogP contribution in [-0.4, -0.2) is 16.0 Å². The highest BCUT2D eigenvalue weighted by Crippen LogP contribution is 2.21. The molecule has 0 atom stereocenters. The maximum absolute atomic E-state index is 12.3. The van der Waals surface area contributed by atoms with Crippen molar-refractivity contribution < 1.29 is 13.2 Å². The van der Waals surface area contributed by atoms with Gasteiger partial charge in [0.2, 0.25) is 0 Å². The summed E-state index contributed by atoms with van der Waals surface area (Å²) in [7, 11) is 0. The third kappa shape index (κ3) is 4.21. The largest absolute Gasteiger partial charge is 0.408 e. The quantitative estimate of drug-likeness (QED) is 0.929. The first-order valence-electron chi connectivity index (χ1n) is 5.88. The molecule has 0 fully saturated rings. The molecule has 0 unspecified atom stereocenters. The highest BCUT2D eigenvalue weighted by molar-refractivity contribution is 7.11. The van der Waals surface area contributed by atoms with E-state index < -0.39 is 18.3 Å². The second kappa shape index (κ2) is 6.07. The number of hydrogen-bond donors (Lipinski definition) is 1. The number of thiophene rings is 1. The van der Waals surface area contributed by atoms with Crippen molar-refractivity contribution in [2.75, 3.05) is 5.32 Å². The van der Waals surface area contributed by atoms with Crippen LogP contribution in [0, 0.1) is 6.92 Å². The van der Waals surface area contributed by atoms with E-state index in [0.29, 0.717) is 11.2 Å². The SMILES string of the molecule is Cc1ccc(CNc2cnn(CC(F)(F)F)c(=O)c2Cl)s1. The van der Waals surface area contributed by atoms with E-state index in [2.05, 4.69) is 10.4 Å². The molecule has 0 amide bonds. The van der Waals surface area contributed by atoms with Crippen LogP contribution < -0.4 is 10.9 Å². The molecule has 0 aliphatic heterocycles. The van der Waals surface area contributed by atoms with E-state index in [0.717, 1.165) is 16.0 Å². The molecule has 0 aliphatic rings. The minimum atomic E-state index is -4.52. The van der Waals surface area contributed by atoms with Gasteiger partial charge in [-0.2, -0.15) is 18.3 Å². The van der Waals surface area contributed by atoms with E-state index in [4.69, 9.17) is 11.6 Å². The van der Waals surface area contributed by atoms with Crippen molar-refractivity contribution in [2.45, 2.75) is 26.2 Å². The van der Waals surface area contributed by atoms with Crippen molar-refractivity contribution in [3.05, 3.63) is 43.5 Å². The molecule has 4 nitrogen and oxygen atoms in total. The van der Waals surface area contributed by atoms with E-state index in [1.165, 1.54) is 0 Å². The number of anilines is 1. The summed E-state index contributed by atoms with van der Waals surface area (Å²) in [4.78, 5) is 13.9. The fourth-order valence-electron chi connectivity index (χ4n) is 1.63. The molecule has 2 aromatic rings. The van der Waals surface area contributed by atoms with Crippen LogP contribution in [-0.2, 0) is 13.1 Å². The van der Waals surface area contributed by atoms with Crippen molar-refractivity contribution in [2.24, 2.45) is 0 Å². The molecule has 21 heavy (non-hydrogen) atoms. The lowest BCUT2D eigenvalue weighted by atomic mass is 10.4. The number of nitrogens with zero attached hydrogens (tertiary/aromatic N) is 2. The highest BCUT2D eigenvalue weighted by atomic mass is 35.5. The summed E-state index contributed by atoms with van der Waals surface area (Å²) in [6.45, 7) is 0.916. The second-order valence-corrected chi connectivity index (χ2v) is 6.07. The summed E-state index contributed by atoms with van der Waals surface area (Å²) >= 11 is 7.37. The molecule has 0 saturated carbocycles. The molecule has 1 N–H and O–H groups in total. The molecule has 9 heteroatoms. The molecule has 2 rings (SSSR count). The molecule has 2 aromatic heterocycles. The van der Waals surface area contributed by atoms with Gasteiger partial charge >= 0.3 is 6.18 Å². The first kappa shape index (κ1) is 15.8. The van der Waals surface area contributed by atoms with Crippen molar-refractivity contribution in [3.63, 3.8) is 0 Å². The fraction of sp³-hybridized carbons (Fsp3) is 0.333. The lowest BCUT2D eigenvalue weighted by molar-refractivity contribution is -0.143. The molecular formula is C12H11ClF3N3OS. The number of halogens is 4. The predicted molar refractivity (Wildman–Crippen MR) is 75.9 cm³/mol. The summed E-state index contributed by atoms with van der Waals surface area (Å²) in [5.41, 5.74) is -0.757. The Morgan fingerprint density at radius 1 is 1.43 bits per heavy atom. The number of hydrogen-bond acceptors (Lipinski definition) is 4. The lowest BCUT2D eigenvalue weighted by Gasteiger charge is -2.11. The molecular weight excluding hydrogens is 327 g/mol. The highest BCUT2D eigenvalue weighted by Gasteiger charge is 2.29. The number of aryl methyl sites for hydroxylation is 1. The number of alkyl halides is 3. The Labute approximate surface area is 127 Å². The Hall–Kier alpha value is -1.54. The number of nitrogens with one attached hydrogen (secondary N) is 1. The van der Waals surface area contributed by atoms with Crippen LogP contribution in [0.1, 0.15) is 9.75 Å². The predicted octanol–water partition coefficient (Wildman–Crippen LogP) is 3.44. The van der Waals surface area contributed by atoms with Crippen LogP contribution in [0.3, 0.4) is 0 Å².